The summed E-state index contributed by atoms with van der Waals surface area (Å²) in [6, 6.07) is 3.88. The number of aromatic nitrogens is 2. The Bertz CT molecular complexity index is 979. The maximum Gasteiger partial charge on any atom is 0.294 e. The second-order valence-corrected chi connectivity index (χ2v) is 8.18. The van der Waals surface area contributed by atoms with E-state index in [0.717, 1.165) is 11.8 Å². The molecule has 1 fully saturated rings. The molecule has 1 saturated heterocycles. The number of nitro groups is 1. The monoisotopic (exact) mass is 395 g/mol. The minimum atomic E-state index is -3.82. The Morgan fingerprint density at radius 2 is 1.93 bits per heavy atom. The first kappa shape index (κ1) is 19.3. The Balaban J connectivity index is 1.99. The Morgan fingerprint density at radius 3 is 2.48 bits per heavy atom. The van der Waals surface area contributed by atoms with Gasteiger partial charge < -0.3 is 10.1 Å². The Hall–Kier alpha value is -2.50. The van der Waals surface area contributed by atoms with Gasteiger partial charge in [0, 0.05) is 26.2 Å². The molecule has 2 aromatic rings. The predicted octanol–water partition coefficient (Wildman–Crippen LogP) is 1.71. The molecular formula is C16H21N5O5S. The highest BCUT2D eigenvalue weighted by Crippen LogP contribution is 2.33. The molecule has 11 heteroatoms. The molecule has 27 heavy (non-hydrogen) atoms. The maximum atomic E-state index is 12.8. The third-order valence-electron chi connectivity index (χ3n) is 4.54. The number of ether oxygens (including phenoxy) is 1. The van der Waals surface area contributed by atoms with Gasteiger partial charge in [0.15, 0.2) is 0 Å². The molecule has 0 unspecified atom stereocenters. The van der Waals surface area contributed by atoms with E-state index < -0.39 is 14.9 Å². The second kappa shape index (κ2) is 7.25. The van der Waals surface area contributed by atoms with Gasteiger partial charge in [0.2, 0.25) is 10.0 Å². The lowest BCUT2D eigenvalue weighted by atomic mass is 10.2. The van der Waals surface area contributed by atoms with Crippen LogP contribution in [0.15, 0.2) is 23.1 Å². The number of hydrogen-bond acceptors (Lipinski definition) is 7. The standard InChI is InChI=1S/C16H21N5O5S/c1-11-16(12(2)19(3)18-11)17-14-5-4-13(10-15(14)21(22)23)27(24,25)20-6-8-26-9-7-20/h4-5,10,17H,6-9H2,1-3H3. The van der Waals surface area contributed by atoms with Crippen LogP contribution in [0.1, 0.15) is 11.4 Å². The second-order valence-electron chi connectivity index (χ2n) is 6.25. The van der Waals surface area contributed by atoms with Crippen molar-refractivity contribution in [3.8, 4) is 0 Å². The maximum absolute atomic E-state index is 12.8. The van der Waals surface area contributed by atoms with E-state index in [0.29, 0.717) is 24.6 Å². The van der Waals surface area contributed by atoms with Crippen LogP contribution in [-0.4, -0.2) is 53.7 Å². The number of sulfonamides is 1. The van der Waals surface area contributed by atoms with Gasteiger partial charge in [0.1, 0.15) is 5.69 Å². The van der Waals surface area contributed by atoms with Gasteiger partial charge in [-0.05, 0) is 26.0 Å². The van der Waals surface area contributed by atoms with Crippen molar-refractivity contribution in [3.63, 3.8) is 0 Å². The number of hydrogen-bond donors (Lipinski definition) is 1. The van der Waals surface area contributed by atoms with Crippen molar-refractivity contribution in [1.29, 1.82) is 0 Å². The number of benzene rings is 1. The average Bonchev–Trinajstić information content (AvgIpc) is 2.88. The molecule has 2 heterocycles. The van der Waals surface area contributed by atoms with E-state index in [9.17, 15) is 18.5 Å². The fourth-order valence-electron chi connectivity index (χ4n) is 2.95. The lowest BCUT2D eigenvalue weighted by molar-refractivity contribution is -0.384. The van der Waals surface area contributed by atoms with E-state index in [2.05, 4.69) is 10.4 Å². The molecule has 0 aliphatic carbocycles. The minimum absolute atomic E-state index is 0.110. The number of rotatable bonds is 5. The quantitative estimate of drug-likeness (QED) is 0.604. The summed E-state index contributed by atoms with van der Waals surface area (Å²) in [5.41, 5.74) is 2.05. The lowest BCUT2D eigenvalue weighted by Crippen LogP contribution is -2.40. The molecular weight excluding hydrogens is 374 g/mol. The number of nitrogens with zero attached hydrogens (tertiary/aromatic N) is 4. The summed E-state index contributed by atoms with van der Waals surface area (Å²) in [5.74, 6) is 0. The molecule has 0 spiro atoms. The van der Waals surface area contributed by atoms with Gasteiger partial charge >= 0.3 is 0 Å². The molecule has 0 amide bonds. The van der Waals surface area contributed by atoms with E-state index in [4.69, 9.17) is 4.74 Å². The third-order valence-corrected chi connectivity index (χ3v) is 6.44. The summed E-state index contributed by atoms with van der Waals surface area (Å²) < 4.78 is 33.6. The summed E-state index contributed by atoms with van der Waals surface area (Å²) >= 11 is 0. The van der Waals surface area contributed by atoms with Gasteiger partial charge in [-0.2, -0.15) is 9.40 Å². The van der Waals surface area contributed by atoms with Crippen LogP contribution in [0.3, 0.4) is 0 Å². The topological polar surface area (TPSA) is 120 Å². The summed E-state index contributed by atoms with van der Waals surface area (Å²) in [5, 5.41) is 18.8. The van der Waals surface area contributed by atoms with E-state index in [1.165, 1.54) is 16.4 Å². The molecule has 0 radical (unpaired) electrons. The van der Waals surface area contributed by atoms with Crippen molar-refractivity contribution in [3.05, 3.63) is 39.7 Å². The Morgan fingerprint density at radius 1 is 1.26 bits per heavy atom. The predicted molar refractivity (Wildman–Crippen MR) is 98.6 cm³/mol. The first-order valence-electron chi connectivity index (χ1n) is 8.35. The fraction of sp³-hybridized carbons (Fsp3) is 0.438. The molecule has 1 N–H and O–H groups in total. The first-order valence-corrected chi connectivity index (χ1v) is 9.79. The smallest absolute Gasteiger partial charge is 0.294 e. The molecule has 3 rings (SSSR count). The average molecular weight is 395 g/mol. The van der Waals surface area contributed by atoms with Crippen LogP contribution < -0.4 is 5.32 Å². The molecule has 0 atom stereocenters. The number of nitrogens with one attached hydrogen (secondary N) is 1. The summed E-state index contributed by atoms with van der Waals surface area (Å²) in [6.07, 6.45) is 0. The summed E-state index contributed by atoms with van der Waals surface area (Å²) in [4.78, 5) is 10.9. The highest BCUT2D eigenvalue weighted by molar-refractivity contribution is 7.89. The third kappa shape index (κ3) is 3.66. The molecule has 1 aliphatic rings. The van der Waals surface area contributed by atoms with Crippen molar-refractivity contribution >= 4 is 27.1 Å². The van der Waals surface area contributed by atoms with Crippen LogP contribution in [0.5, 0.6) is 0 Å². The Kier molecular flexibility index (Phi) is 5.18. The highest BCUT2D eigenvalue weighted by atomic mass is 32.2. The van der Waals surface area contributed by atoms with Crippen LogP contribution in [0.25, 0.3) is 0 Å². The van der Waals surface area contributed by atoms with Gasteiger partial charge in [-0.3, -0.25) is 14.8 Å². The van der Waals surface area contributed by atoms with Gasteiger partial charge in [-0.15, -0.1) is 0 Å². The zero-order valence-electron chi connectivity index (χ0n) is 15.3. The summed E-state index contributed by atoms with van der Waals surface area (Å²) in [7, 11) is -2.04. The molecule has 10 nitrogen and oxygen atoms in total. The molecule has 1 aliphatic heterocycles. The van der Waals surface area contributed by atoms with E-state index in [1.807, 2.05) is 6.92 Å². The Labute approximate surface area is 156 Å². The lowest BCUT2D eigenvalue weighted by Gasteiger charge is -2.26. The van der Waals surface area contributed by atoms with Crippen molar-refractivity contribution < 1.29 is 18.1 Å². The van der Waals surface area contributed by atoms with Crippen molar-refractivity contribution in [1.82, 2.24) is 14.1 Å². The van der Waals surface area contributed by atoms with Gasteiger partial charge in [-0.1, -0.05) is 0 Å². The van der Waals surface area contributed by atoms with Crippen molar-refractivity contribution in [2.24, 2.45) is 7.05 Å². The van der Waals surface area contributed by atoms with Crippen LogP contribution in [0.4, 0.5) is 17.1 Å². The van der Waals surface area contributed by atoms with E-state index in [-0.39, 0.29) is 29.4 Å². The normalized spacial score (nSPS) is 15.7. The number of anilines is 2. The zero-order valence-corrected chi connectivity index (χ0v) is 16.1. The minimum Gasteiger partial charge on any atom is -0.379 e. The SMILES string of the molecule is Cc1nn(C)c(C)c1Nc1ccc(S(=O)(=O)N2CCOCC2)cc1[N+](=O)[O-]. The molecule has 0 saturated carbocycles. The zero-order chi connectivity index (χ0) is 19.8. The number of aryl methyl sites for hydroxylation is 2. The van der Waals surface area contributed by atoms with Crippen molar-refractivity contribution in [2.45, 2.75) is 18.7 Å². The summed E-state index contributed by atoms with van der Waals surface area (Å²) in [6.45, 7) is 4.69. The number of morpholine rings is 1. The molecule has 1 aromatic heterocycles. The van der Waals surface area contributed by atoms with Crippen LogP contribution in [0.2, 0.25) is 0 Å². The highest BCUT2D eigenvalue weighted by Gasteiger charge is 2.29. The van der Waals surface area contributed by atoms with Gasteiger partial charge in [0.25, 0.3) is 5.69 Å². The largest absolute Gasteiger partial charge is 0.379 e. The fourth-order valence-corrected chi connectivity index (χ4v) is 4.38. The molecule has 1 aromatic carbocycles. The first-order chi connectivity index (χ1) is 12.7. The van der Waals surface area contributed by atoms with E-state index >= 15 is 0 Å². The number of nitro benzene ring substituents is 1. The van der Waals surface area contributed by atoms with Crippen molar-refractivity contribution in [2.75, 3.05) is 31.6 Å². The van der Waals surface area contributed by atoms with Crippen LogP contribution in [-0.2, 0) is 21.8 Å². The van der Waals surface area contributed by atoms with Crippen LogP contribution >= 0.6 is 0 Å². The molecule has 0 bridgehead atoms. The molecule has 146 valence electrons. The van der Waals surface area contributed by atoms with Crippen LogP contribution in [0, 0.1) is 24.0 Å². The van der Waals surface area contributed by atoms with Gasteiger partial charge in [-0.25, -0.2) is 8.42 Å². The van der Waals surface area contributed by atoms with E-state index in [1.54, 1.807) is 18.7 Å². The van der Waals surface area contributed by atoms with Gasteiger partial charge in [0.05, 0.1) is 40.1 Å².